The van der Waals surface area contributed by atoms with Crippen LogP contribution in [-0.2, 0) is 12.8 Å². The molecule has 0 aromatic carbocycles. The number of amidine groups is 2. The molecule has 2 aromatic heterocycles. The Morgan fingerprint density at radius 1 is 0.846 bits per heavy atom. The second-order valence-corrected chi connectivity index (χ2v) is 6.37. The molecule has 6 nitrogen and oxygen atoms in total. The molecule has 2 heterocycles. The molecule has 0 bridgehead atoms. The second kappa shape index (κ2) is 10.3. The number of nitrogens with two attached hydrogens (primary N) is 2. The molecule has 0 amide bonds. The minimum atomic E-state index is 0.0649. The predicted molar refractivity (Wildman–Crippen MR) is 107 cm³/mol. The van der Waals surface area contributed by atoms with Gasteiger partial charge in [-0.25, -0.2) is 0 Å². The molecule has 0 radical (unpaired) electrons. The molecule has 5 N–H and O–H groups in total. The molecule has 0 saturated carbocycles. The number of pyridine rings is 2. The van der Waals surface area contributed by atoms with Crippen molar-refractivity contribution < 1.29 is 0 Å². The van der Waals surface area contributed by atoms with Gasteiger partial charge in [-0.05, 0) is 49.9 Å². The Morgan fingerprint density at radius 2 is 1.35 bits per heavy atom. The number of rotatable bonds is 10. The van der Waals surface area contributed by atoms with Crippen LogP contribution in [0.4, 0.5) is 0 Å². The van der Waals surface area contributed by atoms with Crippen LogP contribution in [0.1, 0.15) is 54.6 Å². The molecule has 0 saturated heterocycles. The van der Waals surface area contributed by atoms with Crippen molar-refractivity contribution in [3.8, 4) is 0 Å². The van der Waals surface area contributed by atoms with Gasteiger partial charge in [0.1, 0.15) is 11.7 Å². The van der Waals surface area contributed by atoms with Crippen molar-refractivity contribution in [1.29, 1.82) is 5.41 Å². The number of nitrogens with one attached hydrogen (secondary N) is 1. The minimum Gasteiger partial charge on any atom is -0.384 e. The van der Waals surface area contributed by atoms with Crippen LogP contribution in [0.2, 0.25) is 0 Å². The SMILES string of the molecule is CN=C(N)c1ccc(CCCCCCCc2ccc(C(=N)N)cn2)nc1. The summed E-state index contributed by atoms with van der Waals surface area (Å²) in [4.78, 5) is 12.8. The van der Waals surface area contributed by atoms with Crippen molar-refractivity contribution in [2.24, 2.45) is 16.5 Å². The number of unbranched alkanes of at least 4 members (excludes halogenated alkanes) is 4. The van der Waals surface area contributed by atoms with Crippen LogP contribution in [0.3, 0.4) is 0 Å². The van der Waals surface area contributed by atoms with E-state index in [9.17, 15) is 0 Å². The summed E-state index contributed by atoms with van der Waals surface area (Å²) >= 11 is 0. The van der Waals surface area contributed by atoms with Gasteiger partial charge in [0.2, 0.25) is 0 Å². The lowest BCUT2D eigenvalue weighted by Crippen LogP contribution is -2.13. The van der Waals surface area contributed by atoms with E-state index in [1.165, 1.54) is 19.3 Å². The largest absolute Gasteiger partial charge is 0.384 e. The number of aliphatic imine (C=N–C) groups is 1. The lowest BCUT2D eigenvalue weighted by Gasteiger charge is -2.04. The molecule has 0 aliphatic rings. The molecule has 0 aliphatic heterocycles. The lowest BCUT2D eigenvalue weighted by atomic mass is 10.1. The summed E-state index contributed by atoms with van der Waals surface area (Å²) in [5.74, 6) is 0.588. The van der Waals surface area contributed by atoms with E-state index in [1.54, 1.807) is 19.4 Å². The van der Waals surface area contributed by atoms with Crippen molar-refractivity contribution in [2.45, 2.75) is 44.9 Å². The van der Waals surface area contributed by atoms with Crippen LogP contribution in [0, 0.1) is 5.41 Å². The van der Waals surface area contributed by atoms with Gasteiger partial charge in [-0.3, -0.25) is 20.4 Å². The van der Waals surface area contributed by atoms with E-state index >= 15 is 0 Å². The van der Waals surface area contributed by atoms with E-state index in [4.69, 9.17) is 16.9 Å². The molecule has 0 unspecified atom stereocenters. The van der Waals surface area contributed by atoms with E-state index in [1.807, 2.05) is 24.3 Å². The average Bonchev–Trinajstić information content (AvgIpc) is 2.67. The molecular weight excluding hydrogens is 324 g/mol. The summed E-state index contributed by atoms with van der Waals surface area (Å²) in [6.45, 7) is 0. The van der Waals surface area contributed by atoms with Crippen LogP contribution in [0.15, 0.2) is 41.7 Å². The Bertz CT molecular complexity index is 719. The standard InChI is InChI=1S/C20H28N6/c1-24-20(23)16-10-12-18(26-14-16)8-6-4-2-3-5-7-17-11-9-15(13-25-17)19(21)22/h9-14H,2-8H2,1H3,(H3,21,22)(H2,23,24). The van der Waals surface area contributed by atoms with Crippen LogP contribution >= 0.6 is 0 Å². The van der Waals surface area contributed by atoms with Crippen molar-refractivity contribution in [3.05, 3.63) is 59.2 Å². The van der Waals surface area contributed by atoms with Gasteiger partial charge in [-0.1, -0.05) is 19.3 Å². The van der Waals surface area contributed by atoms with Crippen LogP contribution in [0.25, 0.3) is 0 Å². The fraction of sp³-hybridized carbons (Fsp3) is 0.400. The summed E-state index contributed by atoms with van der Waals surface area (Å²) in [5, 5.41) is 7.36. The first-order valence-corrected chi connectivity index (χ1v) is 9.07. The fourth-order valence-corrected chi connectivity index (χ4v) is 2.73. The molecule has 0 spiro atoms. The van der Waals surface area contributed by atoms with Gasteiger partial charge < -0.3 is 11.5 Å². The molecule has 6 heteroatoms. The number of hydrogen-bond donors (Lipinski definition) is 3. The van der Waals surface area contributed by atoms with Crippen molar-refractivity contribution in [1.82, 2.24) is 9.97 Å². The minimum absolute atomic E-state index is 0.0649. The smallest absolute Gasteiger partial charge is 0.126 e. The summed E-state index contributed by atoms with van der Waals surface area (Å²) in [5.41, 5.74) is 14.9. The average molecular weight is 352 g/mol. The topological polar surface area (TPSA) is 114 Å². The molecule has 0 fully saturated rings. The van der Waals surface area contributed by atoms with Gasteiger partial charge in [-0.2, -0.15) is 0 Å². The first-order valence-electron chi connectivity index (χ1n) is 9.07. The summed E-state index contributed by atoms with van der Waals surface area (Å²) in [6, 6.07) is 7.84. The fourth-order valence-electron chi connectivity index (χ4n) is 2.73. The highest BCUT2D eigenvalue weighted by molar-refractivity contribution is 5.97. The highest BCUT2D eigenvalue weighted by Crippen LogP contribution is 2.10. The van der Waals surface area contributed by atoms with Crippen LogP contribution < -0.4 is 11.5 Å². The van der Waals surface area contributed by atoms with Crippen molar-refractivity contribution >= 4 is 11.7 Å². The molecular formula is C20H28N6. The maximum Gasteiger partial charge on any atom is 0.126 e. The van der Waals surface area contributed by atoms with Gasteiger partial charge in [0.05, 0.1) is 0 Å². The first kappa shape index (κ1) is 19.6. The first-order chi connectivity index (χ1) is 12.6. The number of nitrogen functional groups attached to an aromatic ring is 1. The van der Waals surface area contributed by atoms with E-state index in [2.05, 4.69) is 15.0 Å². The van der Waals surface area contributed by atoms with Crippen molar-refractivity contribution in [2.75, 3.05) is 7.05 Å². The third kappa shape index (κ3) is 6.27. The molecule has 0 aliphatic carbocycles. The second-order valence-electron chi connectivity index (χ2n) is 6.37. The zero-order valence-electron chi connectivity index (χ0n) is 15.4. The summed E-state index contributed by atoms with van der Waals surface area (Å²) in [6.07, 6.45) is 11.4. The van der Waals surface area contributed by atoms with E-state index < -0.39 is 0 Å². The van der Waals surface area contributed by atoms with Gasteiger partial charge in [-0.15, -0.1) is 0 Å². The highest BCUT2D eigenvalue weighted by Gasteiger charge is 2.01. The van der Waals surface area contributed by atoms with Gasteiger partial charge >= 0.3 is 0 Å². The molecule has 2 rings (SSSR count). The Labute approximate surface area is 155 Å². The third-order valence-electron chi connectivity index (χ3n) is 4.36. The molecule has 138 valence electrons. The summed E-state index contributed by atoms with van der Waals surface area (Å²) < 4.78 is 0. The van der Waals surface area contributed by atoms with Gasteiger partial charge in [0.15, 0.2) is 0 Å². The highest BCUT2D eigenvalue weighted by atomic mass is 14.8. The monoisotopic (exact) mass is 352 g/mol. The Kier molecular flexibility index (Phi) is 7.74. The molecule has 26 heavy (non-hydrogen) atoms. The predicted octanol–water partition coefficient (Wildman–Crippen LogP) is 2.83. The zero-order chi connectivity index (χ0) is 18.8. The summed E-state index contributed by atoms with van der Waals surface area (Å²) in [7, 11) is 1.68. The Morgan fingerprint density at radius 3 is 1.77 bits per heavy atom. The number of nitrogens with zero attached hydrogens (tertiary/aromatic N) is 3. The quantitative estimate of drug-likeness (QED) is 0.346. The number of aryl methyl sites for hydroxylation is 2. The van der Waals surface area contributed by atoms with E-state index in [0.717, 1.165) is 42.6 Å². The third-order valence-corrected chi connectivity index (χ3v) is 4.36. The Hall–Kier alpha value is -2.76. The zero-order valence-corrected chi connectivity index (χ0v) is 15.4. The van der Waals surface area contributed by atoms with Crippen LogP contribution in [-0.4, -0.2) is 28.7 Å². The molecule has 0 atom stereocenters. The van der Waals surface area contributed by atoms with Crippen molar-refractivity contribution in [3.63, 3.8) is 0 Å². The maximum atomic E-state index is 7.36. The lowest BCUT2D eigenvalue weighted by molar-refractivity contribution is 0.607. The Balaban J connectivity index is 1.58. The van der Waals surface area contributed by atoms with E-state index in [0.29, 0.717) is 11.4 Å². The van der Waals surface area contributed by atoms with Gasteiger partial charge in [0, 0.05) is 42.0 Å². The van der Waals surface area contributed by atoms with Gasteiger partial charge in [0.25, 0.3) is 0 Å². The number of aromatic nitrogens is 2. The number of hydrogen-bond acceptors (Lipinski definition) is 4. The normalized spacial score (nSPS) is 11.5. The van der Waals surface area contributed by atoms with E-state index in [-0.39, 0.29) is 5.84 Å². The maximum absolute atomic E-state index is 7.36. The van der Waals surface area contributed by atoms with Crippen LogP contribution in [0.5, 0.6) is 0 Å². The molecule has 2 aromatic rings.